The minimum absolute atomic E-state index is 0.126. The Morgan fingerprint density at radius 1 is 1.33 bits per heavy atom. The molecule has 21 heavy (non-hydrogen) atoms. The molecule has 0 saturated carbocycles. The van der Waals surface area contributed by atoms with Crippen molar-refractivity contribution in [1.29, 1.82) is 0 Å². The number of alkyl halides is 3. The van der Waals surface area contributed by atoms with Crippen LogP contribution < -0.4 is 5.32 Å². The monoisotopic (exact) mass is 378 g/mol. The van der Waals surface area contributed by atoms with E-state index in [9.17, 15) is 13.2 Å². The van der Waals surface area contributed by atoms with E-state index in [-0.39, 0.29) is 5.56 Å². The first-order chi connectivity index (χ1) is 9.82. The molecular formula is C14H14BrF3N2S. The van der Waals surface area contributed by atoms with Crippen molar-refractivity contribution in [2.24, 2.45) is 0 Å². The van der Waals surface area contributed by atoms with Gasteiger partial charge in [0, 0.05) is 21.5 Å². The Labute approximate surface area is 133 Å². The Hall–Kier alpha value is -0.920. The van der Waals surface area contributed by atoms with Crippen LogP contribution in [0.25, 0.3) is 10.6 Å². The van der Waals surface area contributed by atoms with Gasteiger partial charge in [-0.05, 0) is 25.6 Å². The average molecular weight is 379 g/mol. The highest BCUT2D eigenvalue weighted by Gasteiger charge is 2.34. The Kier molecular flexibility index (Phi) is 5.06. The molecule has 0 radical (unpaired) electrons. The lowest BCUT2D eigenvalue weighted by atomic mass is 10.1. The van der Waals surface area contributed by atoms with E-state index in [1.54, 1.807) is 6.07 Å². The fourth-order valence-corrected chi connectivity index (χ4v) is 3.32. The van der Waals surface area contributed by atoms with Crippen molar-refractivity contribution in [1.82, 2.24) is 10.3 Å². The largest absolute Gasteiger partial charge is 0.417 e. The quantitative estimate of drug-likeness (QED) is 0.808. The lowest BCUT2D eigenvalue weighted by Gasteiger charge is -2.11. The summed E-state index contributed by atoms with van der Waals surface area (Å²) in [6.07, 6.45) is -4.40. The van der Waals surface area contributed by atoms with Crippen molar-refractivity contribution < 1.29 is 13.2 Å². The molecule has 2 nitrogen and oxygen atoms in total. The van der Waals surface area contributed by atoms with Crippen LogP contribution in [0.5, 0.6) is 0 Å². The van der Waals surface area contributed by atoms with E-state index in [1.807, 2.05) is 13.8 Å². The summed E-state index contributed by atoms with van der Waals surface area (Å²) in [5.41, 5.74) is 0.231. The van der Waals surface area contributed by atoms with Gasteiger partial charge in [0.05, 0.1) is 11.3 Å². The van der Waals surface area contributed by atoms with Crippen LogP contribution in [0.3, 0.4) is 0 Å². The molecule has 1 N–H and O–H groups in total. The van der Waals surface area contributed by atoms with Crippen molar-refractivity contribution in [3.8, 4) is 10.6 Å². The zero-order valence-corrected chi connectivity index (χ0v) is 13.9. The molecule has 0 aliphatic carbocycles. The van der Waals surface area contributed by atoms with Gasteiger partial charge in [-0.3, -0.25) is 0 Å². The van der Waals surface area contributed by atoms with Gasteiger partial charge in [0.2, 0.25) is 0 Å². The molecule has 0 aliphatic rings. The van der Waals surface area contributed by atoms with Crippen LogP contribution >= 0.6 is 27.3 Å². The third-order valence-electron chi connectivity index (χ3n) is 2.95. The Morgan fingerprint density at radius 3 is 2.67 bits per heavy atom. The molecular weight excluding hydrogens is 365 g/mol. The van der Waals surface area contributed by atoms with Gasteiger partial charge in [0.15, 0.2) is 0 Å². The number of hydrogen-bond donors (Lipinski definition) is 1. The third-order valence-corrected chi connectivity index (χ3v) is 4.63. The summed E-state index contributed by atoms with van der Waals surface area (Å²) in [6.45, 7) is 5.23. The number of rotatable bonds is 4. The first kappa shape index (κ1) is 16.5. The molecule has 1 aromatic carbocycles. The summed E-state index contributed by atoms with van der Waals surface area (Å²) in [7, 11) is 0. The zero-order valence-electron chi connectivity index (χ0n) is 11.5. The Bertz CT molecular complexity index is 638. The first-order valence-corrected chi connectivity index (χ1v) is 7.98. The maximum atomic E-state index is 13.2. The second-order valence-corrected chi connectivity index (χ2v) is 6.49. The number of benzene rings is 1. The van der Waals surface area contributed by atoms with Gasteiger partial charge in [-0.15, -0.1) is 11.3 Å². The van der Waals surface area contributed by atoms with Crippen LogP contribution in [0.4, 0.5) is 13.2 Å². The first-order valence-electron chi connectivity index (χ1n) is 6.37. The third kappa shape index (κ3) is 3.84. The van der Waals surface area contributed by atoms with Crippen molar-refractivity contribution >= 4 is 27.3 Å². The highest BCUT2D eigenvalue weighted by Crippen LogP contribution is 2.40. The second-order valence-electron chi connectivity index (χ2n) is 4.50. The normalized spacial score (nSPS) is 11.9. The summed E-state index contributed by atoms with van der Waals surface area (Å²) < 4.78 is 39.9. The minimum atomic E-state index is -4.40. The molecule has 114 valence electrons. The van der Waals surface area contributed by atoms with E-state index >= 15 is 0 Å². The van der Waals surface area contributed by atoms with Gasteiger partial charge in [0.25, 0.3) is 0 Å². The zero-order chi connectivity index (χ0) is 15.6. The number of thiazole rings is 1. The summed E-state index contributed by atoms with van der Waals surface area (Å²) in [4.78, 5) is 5.26. The average Bonchev–Trinajstić information content (AvgIpc) is 2.76. The van der Waals surface area contributed by atoms with Gasteiger partial charge < -0.3 is 5.32 Å². The molecule has 0 bridgehead atoms. The van der Waals surface area contributed by atoms with Gasteiger partial charge in [-0.2, -0.15) is 13.2 Å². The van der Waals surface area contributed by atoms with Crippen molar-refractivity contribution in [2.45, 2.75) is 26.6 Å². The van der Waals surface area contributed by atoms with E-state index < -0.39 is 11.7 Å². The molecule has 7 heteroatoms. The molecule has 0 amide bonds. The smallest absolute Gasteiger partial charge is 0.312 e. The minimum Gasteiger partial charge on any atom is -0.312 e. The molecule has 0 fully saturated rings. The van der Waals surface area contributed by atoms with Crippen LogP contribution in [-0.2, 0) is 12.7 Å². The van der Waals surface area contributed by atoms with Crippen molar-refractivity contribution in [2.75, 3.05) is 6.54 Å². The summed E-state index contributed by atoms with van der Waals surface area (Å²) in [5, 5.41) is 3.57. The van der Waals surface area contributed by atoms with Crippen LogP contribution in [0.15, 0.2) is 22.7 Å². The Morgan fingerprint density at radius 2 is 2.05 bits per heavy atom. The highest BCUT2D eigenvalue weighted by atomic mass is 79.9. The number of aryl methyl sites for hydroxylation is 1. The molecule has 2 aromatic rings. The fourth-order valence-electron chi connectivity index (χ4n) is 1.88. The number of nitrogens with one attached hydrogen (secondary N) is 1. The number of hydrogen-bond acceptors (Lipinski definition) is 3. The standard InChI is InChI=1S/C14H14BrF3N2S/c1-3-19-7-12-8(2)20-13(21-12)10-5-4-9(15)6-11(10)14(16,17)18/h4-6,19H,3,7H2,1-2H3. The molecule has 2 rings (SSSR count). The van der Waals surface area contributed by atoms with Crippen molar-refractivity contribution in [3.63, 3.8) is 0 Å². The molecule has 1 heterocycles. The van der Waals surface area contributed by atoms with E-state index in [1.165, 1.54) is 17.4 Å². The van der Waals surface area contributed by atoms with E-state index in [2.05, 4.69) is 26.2 Å². The molecule has 0 spiro atoms. The highest BCUT2D eigenvalue weighted by molar-refractivity contribution is 9.10. The van der Waals surface area contributed by atoms with E-state index in [4.69, 9.17) is 0 Å². The summed E-state index contributed by atoms with van der Waals surface area (Å²) in [6, 6.07) is 4.16. The SMILES string of the molecule is CCNCc1sc(-c2ccc(Br)cc2C(F)(F)F)nc1C. The molecule has 0 unspecified atom stereocenters. The maximum Gasteiger partial charge on any atom is 0.417 e. The maximum absolute atomic E-state index is 13.2. The molecule has 0 atom stereocenters. The van der Waals surface area contributed by atoms with E-state index in [0.717, 1.165) is 23.2 Å². The van der Waals surface area contributed by atoms with E-state index in [0.29, 0.717) is 16.0 Å². The fraction of sp³-hybridized carbons (Fsp3) is 0.357. The predicted molar refractivity (Wildman–Crippen MR) is 82.4 cm³/mol. The molecule has 1 aromatic heterocycles. The van der Waals surface area contributed by atoms with Crippen LogP contribution in [0.2, 0.25) is 0 Å². The van der Waals surface area contributed by atoms with Gasteiger partial charge in [0.1, 0.15) is 5.01 Å². The second kappa shape index (κ2) is 6.46. The molecule has 0 aliphatic heterocycles. The predicted octanol–water partition coefficient (Wildman–Crippen LogP) is 5.01. The van der Waals surface area contributed by atoms with Crippen LogP contribution in [0, 0.1) is 6.92 Å². The van der Waals surface area contributed by atoms with Crippen LogP contribution in [0.1, 0.15) is 23.1 Å². The van der Waals surface area contributed by atoms with Gasteiger partial charge >= 0.3 is 6.18 Å². The Balaban J connectivity index is 2.47. The summed E-state index contributed by atoms with van der Waals surface area (Å²) in [5.74, 6) is 0. The number of aromatic nitrogens is 1. The number of nitrogens with zero attached hydrogens (tertiary/aromatic N) is 1. The molecule has 0 saturated heterocycles. The summed E-state index contributed by atoms with van der Waals surface area (Å²) >= 11 is 4.39. The van der Waals surface area contributed by atoms with Crippen LogP contribution in [-0.4, -0.2) is 11.5 Å². The number of halogens is 4. The van der Waals surface area contributed by atoms with Gasteiger partial charge in [-0.1, -0.05) is 28.9 Å². The van der Waals surface area contributed by atoms with Gasteiger partial charge in [-0.25, -0.2) is 4.98 Å². The lowest BCUT2D eigenvalue weighted by molar-refractivity contribution is -0.137. The lowest BCUT2D eigenvalue weighted by Crippen LogP contribution is -2.11. The van der Waals surface area contributed by atoms with Crippen molar-refractivity contribution in [3.05, 3.63) is 38.8 Å². The topological polar surface area (TPSA) is 24.9 Å².